The molecule has 0 aliphatic rings. The summed E-state index contributed by atoms with van der Waals surface area (Å²) in [6, 6.07) is 15.7. The molecule has 1 heterocycles. The topological polar surface area (TPSA) is 65.3 Å². The van der Waals surface area contributed by atoms with E-state index in [9.17, 15) is 10.1 Å². The van der Waals surface area contributed by atoms with Gasteiger partial charge >= 0.3 is 0 Å². The van der Waals surface area contributed by atoms with E-state index in [1.807, 2.05) is 24.3 Å². The van der Waals surface area contributed by atoms with Gasteiger partial charge in [0.2, 0.25) is 5.88 Å². The number of hydrogen-bond donors (Lipinski definition) is 0. The molecule has 0 amide bonds. The Morgan fingerprint density at radius 1 is 1.10 bits per heavy atom. The normalized spacial score (nSPS) is 10.5. The Bertz CT molecular complexity index is 836. The number of pyridine rings is 1. The number of hydrogen-bond acceptors (Lipinski definition) is 4. The maximum atomic E-state index is 10.7. The summed E-state index contributed by atoms with van der Waals surface area (Å²) in [5, 5.41) is 11.5. The minimum absolute atomic E-state index is 0.0515. The van der Waals surface area contributed by atoms with E-state index in [0.29, 0.717) is 16.8 Å². The smallest absolute Gasteiger partial charge is 0.270 e. The van der Waals surface area contributed by atoms with Crippen LogP contribution in [0.2, 0.25) is 0 Å². The van der Waals surface area contributed by atoms with E-state index in [-0.39, 0.29) is 5.69 Å². The monoisotopic (exact) mass is 392 g/mol. The molecule has 0 atom stereocenters. The standard InChI is InChI=1S/C15H9IN2O3/c16-12-3-1-2-4-14(12)21-15-8-5-10-9-11(18(19)20)6-7-13(10)17-15/h1-9H. The van der Waals surface area contributed by atoms with Crippen molar-refractivity contribution in [2.45, 2.75) is 0 Å². The number of ether oxygens (including phenoxy) is 1. The van der Waals surface area contributed by atoms with Gasteiger partial charge in [0.05, 0.1) is 14.0 Å². The number of non-ortho nitro benzene ring substituents is 1. The highest BCUT2D eigenvalue weighted by Crippen LogP contribution is 2.27. The fourth-order valence-corrected chi connectivity index (χ4v) is 2.40. The highest BCUT2D eigenvalue weighted by atomic mass is 127. The van der Waals surface area contributed by atoms with Crippen molar-refractivity contribution in [1.29, 1.82) is 0 Å². The lowest BCUT2D eigenvalue weighted by Gasteiger charge is -2.07. The van der Waals surface area contributed by atoms with E-state index in [1.54, 1.807) is 18.2 Å². The highest BCUT2D eigenvalue weighted by Gasteiger charge is 2.08. The van der Waals surface area contributed by atoms with Crippen LogP contribution in [0, 0.1) is 13.7 Å². The first-order valence-corrected chi connectivity index (χ1v) is 7.19. The fourth-order valence-electron chi connectivity index (χ4n) is 1.90. The largest absolute Gasteiger partial charge is 0.438 e. The van der Waals surface area contributed by atoms with Crippen molar-refractivity contribution in [1.82, 2.24) is 4.98 Å². The van der Waals surface area contributed by atoms with Gasteiger partial charge < -0.3 is 4.74 Å². The number of nitro benzene ring substituents is 1. The highest BCUT2D eigenvalue weighted by molar-refractivity contribution is 14.1. The van der Waals surface area contributed by atoms with Crippen LogP contribution >= 0.6 is 22.6 Å². The predicted octanol–water partition coefficient (Wildman–Crippen LogP) is 4.54. The summed E-state index contributed by atoms with van der Waals surface area (Å²) in [7, 11) is 0. The Morgan fingerprint density at radius 3 is 2.67 bits per heavy atom. The molecule has 0 aliphatic heterocycles. The number of benzene rings is 2. The Labute approximate surface area is 133 Å². The number of fused-ring (bicyclic) bond motifs is 1. The number of para-hydroxylation sites is 1. The molecule has 0 spiro atoms. The lowest BCUT2D eigenvalue weighted by atomic mass is 10.2. The average Bonchev–Trinajstić information content (AvgIpc) is 2.49. The van der Waals surface area contributed by atoms with Crippen LogP contribution in [-0.2, 0) is 0 Å². The van der Waals surface area contributed by atoms with Crippen molar-refractivity contribution in [2.24, 2.45) is 0 Å². The van der Waals surface area contributed by atoms with E-state index in [1.165, 1.54) is 12.1 Å². The van der Waals surface area contributed by atoms with Gasteiger partial charge in [0.25, 0.3) is 5.69 Å². The Morgan fingerprint density at radius 2 is 1.90 bits per heavy atom. The third-order valence-electron chi connectivity index (χ3n) is 2.91. The number of rotatable bonds is 3. The summed E-state index contributed by atoms with van der Waals surface area (Å²) < 4.78 is 6.73. The molecule has 0 saturated carbocycles. The van der Waals surface area contributed by atoms with E-state index in [2.05, 4.69) is 27.6 Å². The van der Waals surface area contributed by atoms with Crippen LogP contribution in [0.5, 0.6) is 11.6 Å². The summed E-state index contributed by atoms with van der Waals surface area (Å²) >= 11 is 2.19. The van der Waals surface area contributed by atoms with Crippen LogP contribution in [-0.4, -0.2) is 9.91 Å². The molecule has 2 aromatic carbocycles. The van der Waals surface area contributed by atoms with Crippen LogP contribution in [0.3, 0.4) is 0 Å². The van der Waals surface area contributed by atoms with Crippen molar-refractivity contribution in [3.63, 3.8) is 0 Å². The van der Waals surface area contributed by atoms with E-state index >= 15 is 0 Å². The van der Waals surface area contributed by atoms with Gasteiger partial charge in [-0.2, -0.15) is 0 Å². The molecule has 3 aromatic rings. The van der Waals surface area contributed by atoms with Gasteiger partial charge in [-0.15, -0.1) is 0 Å². The first-order chi connectivity index (χ1) is 10.1. The Hall–Kier alpha value is -2.22. The lowest BCUT2D eigenvalue weighted by molar-refractivity contribution is -0.384. The summed E-state index contributed by atoms with van der Waals surface area (Å²) in [4.78, 5) is 14.7. The predicted molar refractivity (Wildman–Crippen MR) is 87.6 cm³/mol. The molecule has 0 saturated heterocycles. The summed E-state index contributed by atoms with van der Waals surface area (Å²) in [6.45, 7) is 0. The van der Waals surface area contributed by atoms with Crippen LogP contribution in [0.25, 0.3) is 10.9 Å². The maximum Gasteiger partial charge on any atom is 0.270 e. The van der Waals surface area contributed by atoms with E-state index in [0.717, 1.165) is 9.32 Å². The molecule has 0 unspecified atom stereocenters. The van der Waals surface area contributed by atoms with Crippen LogP contribution in [0.4, 0.5) is 5.69 Å². The number of halogens is 1. The quantitative estimate of drug-likeness (QED) is 0.373. The van der Waals surface area contributed by atoms with Crippen molar-refractivity contribution < 1.29 is 9.66 Å². The van der Waals surface area contributed by atoms with Crippen LogP contribution in [0.15, 0.2) is 54.6 Å². The van der Waals surface area contributed by atoms with Crippen molar-refractivity contribution in [2.75, 3.05) is 0 Å². The first kappa shape index (κ1) is 13.7. The second-order valence-electron chi connectivity index (χ2n) is 4.32. The second-order valence-corrected chi connectivity index (χ2v) is 5.48. The zero-order chi connectivity index (χ0) is 14.8. The molecule has 3 rings (SSSR count). The van der Waals surface area contributed by atoms with Gasteiger partial charge in [-0.3, -0.25) is 10.1 Å². The van der Waals surface area contributed by atoms with E-state index in [4.69, 9.17) is 4.74 Å². The number of nitro groups is 1. The van der Waals surface area contributed by atoms with Crippen LogP contribution in [0.1, 0.15) is 0 Å². The van der Waals surface area contributed by atoms with Gasteiger partial charge in [-0.1, -0.05) is 12.1 Å². The number of nitrogens with zero attached hydrogens (tertiary/aromatic N) is 2. The summed E-state index contributed by atoms with van der Waals surface area (Å²) in [6.07, 6.45) is 0. The summed E-state index contributed by atoms with van der Waals surface area (Å²) in [5.74, 6) is 1.19. The van der Waals surface area contributed by atoms with Crippen molar-refractivity contribution >= 4 is 39.2 Å². The SMILES string of the molecule is O=[N+]([O-])c1ccc2nc(Oc3ccccc3I)ccc2c1. The molecule has 0 radical (unpaired) electrons. The molecular formula is C15H9IN2O3. The molecule has 0 N–H and O–H groups in total. The number of aromatic nitrogens is 1. The van der Waals surface area contributed by atoms with Crippen LogP contribution < -0.4 is 4.74 Å². The molecule has 6 heteroatoms. The van der Waals surface area contributed by atoms with Crippen molar-refractivity contribution in [3.8, 4) is 11.6 Å². The third-order valence-corrected chi connectivity index (χ3v) is 3.80. The molecular weight excluding hydrogens is 383 g/mol. The minimum Gasteiger partial charge on any atom is -0.438 e. The van der Waals surface area contributed by atoms with Crippen molar-refractivity contribution in [3.05, 3.63) is 68.3 Å². The van der Waals surface area contributed by atoms with Gasteiger partial charge in [0.1, 0.15) is 5.75 Å². The van der Waals surface area contributed by atoms with Gasteiger partial charge in [-0.05, 0) is 46.9 Å². The second kappa shape index (κ2) is 5.65. The molecule has 0 fully saturated rings. The molecule has 0 aliphatic carbocycles. The zero-order valence-electron chi connectivity index (χ0n) is 10.7. The minimum atomic E-state index is -0.420. The molecule has 21 heavy (non-hydrogen) atoms. The third kappa shape index (κ3) is 2.94. The van der Waals surface area contributed by atoms with Gasteiger partial charge in [0, 0.05) is 23.6 Å². The Balaban J connectivity index is 1.96. The molecule has 0 bridgehead atoms. The Kier molecular flexibility index (Phi) is 3.70. The van der Waals surface area contributed by atoms with Gasteiger partial charge in [0.15, 0.2) is 0 Å². The first-order valence-electron chi connectivity index (χ1n) is 6.11. The zero-order valence-corrected chi connectivity index (χ0v) is 12.9. The summed E-state index contributed by atoms with van der Waals surface area (Å²) in [5.41, 5.74) is 0.708. The fraction of sp³-hybridized carbons (Fsp3) is 0. The van der Waals surface area contributed by atoms with Gasteiger partial charge in [-0.25, -0.2) is 4.98 Å². The average molecular weight is 392 g/mol. The van der Waals surface area contributed by atoms with E-state index < -0.39 is 4.92 Å². The molecule has 104 valence electrons. The molecule has 5 nitrogen and oxygen atoms in total. The molecule has 1 aromatic heterocycles. The lowest BCUT2D eigenvalue weighted by Crippen LogP contribution is -1.92. The maximum absolute atomic E-state index is 10.7.